The fourth-order valence-corrected chi connectivity index (χ4v) is 2.79. The molecule has 1 unspecified atom stereocenters. The Bertz CT molecular complexity index is 482. The van der Waals surface area contributed by atoms with E-state index in [9.17, 15) is 4.79 Å². The van der Waals surface area contributed by atoms with Crippen molar-refractivity contribution in [3.63, 3.8) is 0 Å². The normalized spacial score (nSPS) is 21.9. The Labute approximate surface area is 126 Å². The van der Waals surface area contributed by atoms with Crippen LogP contribution in [-0.4, -0.2) is 30.5 Å². The maximum Gasteiger partial charge on any atom is 0.238 e. The molecule has 1 aromatic carbocycles. The summed E-state index contributed by atoms with van der Waals surface area (Å²) >= 11 is 0. The van der Waals surface area contributed by atoms with Gasteiger partial charge < -0.3 is 9.64 Å². The molecule has 4 heteroatoms. The second-order valence-electron chi connectivity index (χ2n) is 6.02. The Kier molecular flexibility index (Phi) is 4.44. The molecule has 1 aliphatic heterocycles. The molecule has 0 radical (unpaired) electrons. The molecule has 0 bridgehead atoms. The van der Waals surface area contributed by atoms with Gasteiger partial charge in [-0.05, 0) is 36.5 Å². The lowest BCUT2D eigenvalue weighted by Crippen LogP contribution is -2.31. The highest BCUT2D eigenvalue weighted by Gasteiger charge is 2.32. The topological polar surface area (TPSA) is 41.6 Å². The van der Waals surface area contributed by atoms with Gasteiger partial charge in [-0.1, -0.05) is 31.9 Å². The van der Waals surface area contributed by atoms with Gasteiger partial charge in [-0.3, -0.25) is 10.1 Å². The summed E-state index contributed by atoms with van der Waals surface area (Å²) < 4.78 is 5.61. The monoisotopic (exact) mass is 288 g/mol. The van der Waals surface area contributed by atoms with Gasteiger partial charge in [0, 0.05) is 6.54 Å². The minimum absolute atomic E-state index is 0.0245. The van der Waals surface area contributed by atoms with Crippen molar-refractivity contribution in [2.45, 2.75) is 38.8 Å². The predicted molar refractivity (Wildman–Crippen MR) is 82.0 cm³/mol. The van der Waals surface area contributed by atoms with Crippen molar-refractivity contribution in [3.8, 4) is 5.75 Å². The number of amides is 1. The van der Waals surface area contributed by atoms with Crippen molar-refractivity contribution in [1.29, 1.82) is 0 Å². The molecular weight excluding hydrogens is 264 g/mol. The third-order valence-corrected chi connectivity index (χ3v) is 4.22. The molecule has 1 amide bonds. The average molecular weight is 288 g/mol. The number of rotatable bonds is 7. The first kappa shape index (κ1) is 14.4. The lowest BCUT2D eigenvalue weighted by atomic mass is 10.1. The molecule has 1 aliphatic carbocycles. The van der Waals surface area contributed by atoms with E-state index in [-0.39, 0.29) is 12.1 Å². The van der Waals surface area contributed by atoms with Crippen LogP contribution in [0.2, 0.25) is 0 Å². The van der Waals surface area contributed by atoms with Crippen molar-refractivity contribution in [2.75, 3.05) is 19.7 Å². The summed E-state index contributed by atoms with van der Waals surface area (Å²) in [6, 6.07) is 8.11. The van der Waals surface area contributed by atoms with E-state index >= 15 is 0 Å². The lowest BCUT2D eigenvalue weighted by molar-refractivity contribution is -0.128. The van der Waals surface area contributed by atoms with E-state index in [0.29, 0.717) is 6.54 Å². The maximum absolute atomic E-state index is 12.0. The van der Waals surface area contributed by atoms with Crippen LogP contribution in [0.15, 0.2) is 24.3 Å². The first-order valence-corrected chi connectivity index (χ1v) is 8.03. The average Bonchev–Trinajstić information content (AvgIpc) is 3.27. The lowest BCUT2D eigenvalue weighted by Gasteiger charge is -2.24. The molecule has 1 aromatic rings. The number of nitrogens with one attached hydrogen (secondary N) is 1. The van der Waals surface area contributed by atoms with Gasteiger partial charge in [-0.2, -0.15) is 0 Å². The molecule has 1 atom stereocenters. The zero-order chi connectivity index (χ0) is 14.7. The van der Waals surface area contributed by atoms with Gasteiger partial charge in [0.15, 0.2) is 0 Å². The molecule has 114 valence electrons. The molecule has 4 nitrogen and oxygen atoms in total. The van der Waals surface area contributed by atoms with E-state index in [1.54, 1.807) is 0 Å². The van der Waals surface area contributed by atoms with Crippen LogP contribution in [0.3, 0.4) is 0 Å². The third kappa shape index (κ3) is 3.56. The number of hydrogen-bond acceptors (Lipinski definition) is 3. The molecule has 1 saturated heterocycles. The minimum atomic E-state index is 0.0245. The zero-order valence-electron chi connectivity index (χ0n) is 12.7. The number of carbonyl (C=O) groups excluding carboxylic acids is 1. The van der Waals surface area contributed by atoms with E-state index in [0.717, 1.165) is 43.2 Å². The van der Waals surface area contributed by atoms with Gasteiger partial charge in [0.1, 0.15) is 11.9 Å². The summed E-state index contributed by atoms with van der Waals surface area (Å²) in [5.41, 5.74) is 1.14. The first-order chi connectivity index (χ1) is 10.3. The van der Waals surface area contributed by atoms with E-state index in [1.165, 1.54) is 12.8 Å². The molecule has 0 aromatic heterocycles. The summed E-state index contributed by atoms with van der Waals surface area (Å²) in [6.07, 6.45) is 4.85. The zero-order valence-corrected chi connectivity index (χ0v) is 12.7. The molecule has 1 saturated carbocycles. The summed E-state index contributed by atoms with van der Waals surface area (Å²) in [5, 5.41) is 3.32. The Hall–Kier alpha value is -1.55. The summed E-state index contributed by atoms with van der Waals surface area (Å²) in [7, 11) is 0. The number of nitrogens with zero attached hydrogens (tertiary/aromatic N) is 1. The van der Waals surface area contributed by atoms with E-state index < -0.39 is 0 Å². The standard InChI is InChI=1S/C17H24N2O2/c1-2-11-21-15-7-5-14(6-8-15)17-18-12-16(20)19(17)10-9-13-3-4-13/h5-8,13,17-18H,2-4,9-12H2,1H3. The molecule has 3 rings (SSSR count). The number of ether oxygens (including phenoxy) is 1. The van der Waals surface area contributed by atoms with Gasteiger partial charge in [-0.15, -0.1) is 0 Å². The van der Waals surface area contributed by atoms with E-state index in [2.05, 4.69) is 24.4 Å². The number of hydrogen-bond donors (Lipinski definition) is 1. The highest BCUT2D eigenvalue weighted by Crippen LogP contribution is 2.34. The summed E-state index contributed by atoms with van der Waals surface area (Å²) in [4.78, 5) is 14.0. The quantitative estimate of drug-likeness (QED) is 0.839. The highest BCUT2D eigenvalue weighted by atomic mass is 16.5. The number of benzene rings is 1. The van der Waals surface area contributed by atoms with Crippen LogP contribution < -0.4 is 10.1 Å². The second kappa shape index (κ2) is 6.48. The molecule has 2 aliphatic rings. The van der Waals surface area contributed by atoms with E-state index in [1.807, 2.05) is 17.0 Å². The van der Waals surface area contributed by atoms with Crippen LogP contribution in [0, 0.1) is 5.92 Å². The number of carbonyl (C=O) groups is 1. The predicted octanol–water partition coefficient (Wildman–Crippen LogP) is 2.71. The van der Waals surface area contributed by atoms with Gasteiger partial charge in [0.2, 0.25) is 5.91 Å². The molecule has 21 heavy (non-hydrogen) atoms. The SMILES string of the molecule is CCCOc1ccc(C2NCC(=O)N2CCC2CC2)cc1. The minimum Gasteiger partial charge on any atom is -0.494 e. The smallest absolute Gasteiger partial charge is 0.238 e. The summed E-state index contributed by atoms with van der Waals surface area (Å²) in [5.74, 6) is 1.96. The van der Waals surface area contributed by atoms with Crippen LogP contribution in [0.5, 0.6) is 5.75 Å². The van der Waals surface area contributed by atoms with Crippen LogP contribution in [-0.2, 0) is 4.79 Å². The highest BCUT2D eigenvalue weighted by molar-refractivity contribution is 5.80. The molecule has 1 N–H and O–H groups in total. The van der Waals surface area contributed by atoms with Crippen LogP contribution in [0.4, 0.5) is 0 Å². The fourth-order valence-electron chi connectivity index (χ4n) is 2.79. The third-order valence-electron chi connectivity index (χ3n) is 4.22. The fraction of sp³-hybridized carbons (Fsp3) is 0.588. The van der Waals surface area contributed by atoms with Crippen LogP contribution in [0.1, 0.15) is 44.3 Å². The van der Waals surface area contributed by atoms with Gasteiger partial charge in [-0.25, -0.2) is 0 Å². The van der Waals surface area contributed by atoms with Gasteiger partial charge >= 0.3 is 0 Å². The first-order valence-electron chi connectivity index (χ1n) is 8.03. The van der Waals surface area contributed by atoms with Gasteiger partial charge in [0.25, 0.3) is 0 Å². The Morgan fingerprint density at radius 3 is 2.71 bits per heavy atom. The summed E-state index contributed by atoms with van der Waals surface area (Å²) in [6.45, 7) is 4.16. The van der Waals surface area contributed by atoms with Crippen molar-refractivity contribution in [2.24, 2.45) is 5.92 Å². The Balaban J connectivity index is 1.64. The Morgan fingerprint density at radius 1 is 1.29 bits per heavy atom. The Morgan fingerprint density at radius 2 is 2.05 bits per heavy atom. The van der Waals surface area contributed by atoms with Crippen LogP contribution >= 0.6 is 0 Å². The van der Waals surface area contributed by atoms with Crippen LogP contribution in [0.25, 0.3) is 0 Å². The van der Waals surface area contributed by atoms with Crippen molar-refractivity contribution in [3.05, 3.63) is 29.8 Å². The molecule has 0 spiro atoms. The second-order valence-corrected chi connectivity index (χ2v) is 6.02. The van der Waals surface area contributed by atoms with Gasteiger partial charge in [0.05, 0.1) is 13.2 Å². The molecular formula is C17H24N2O2. The van der Waals surface area contributed by atoms with Crippen molar-refractivity contribution < 1.29 is 9.53 Å². The van der Waals surface area contributed by atoms with E-state index in [4.69, 9.17) is 4.74 Å². The van der Waals surface area contributed by atoms with Crippen molar-refractivity contribution in [1.82, 2.24) is 10.2 Å². The molecule has 1 heterocycles. The maximum atomic E-state index is 12.0. The molecule has 2 fully saturated rings. The van der Waals surface area contributed by atoms with Crippen molar-refractivity contribution >= 4 is 5.91 Å². The largest absolute Gasteiger partial charge is 0.494 e.